The molecule has 0 aromatic rings. The fourth-order valence-corrected chi connectivity index (χ4v) is 2.10. The van der Waals surface area contributed by atoms with Crippen LogP contribution in [0.15, 0.2) is 5.57 Å². The van der Waals surface area contributed by atoms with Crippen LogP contribution < -0.4 is 0 Å². The van der Waals surface area contributed by atoms with Crippen molar-refractivity contribution in [1.82, 2.24) is 0 Å². The lowest BCUT2D eigenvalue weighted by Gasteiger charge is -2.23. The third-order valence-electron chi connectivity index (χ3n) is 2.11. The maximum Gasteiger partial charge on any atom is 0.123 e. The van der Waals surface area contributed by atoms with Gasteiger partial charge in [-0.15, -0.1) is 0 Å². The number of allylic oxidation sites excluding steroid dienone is 1. The van der Waals surface area contributed by atoms with Crippen molar-refractivity contribution in [2.75, 3.05) is 0 Å². The van der Waals surface area contributed by atoms with E-state index in [2.05, 4.69) is 26.6 Å². The zero-order valence-electron chi connectivity index (χ0n) is 7.49. The molecular formula is C8H16OSi. The van der Waals surface area contributed by atoms with Crippen molar-refractivity contribution < 1.29 is 4.79 Å². The summed E-state index contributed by atoms with van der Waals surface area (Å²) in [5.74, 6) is 1.97. The van der Waals surface area contributed by atoms with Crippen LogP contribution >= 0.6 is 0 Å². The molecule has 0 N–H and O–H groups in total. The minimum absolute atomic E-state index is 0.463. The fourth-order valence-electron chi connectivity index (χ4n) is 0.738. The fraction of sp³-hybridized carbons (Fsp3) is 0.750. The second-order valence-corrected chi connectivity index (χ2v) is 9.47. The molecule has 0 aromatic carbocycles. The highest BCUT2D eigenvalue weighted by Gasteiger charge is 2.23. The molecule has 0 rings (SSSR count). The minimum Gasteiger partial charge on any atom is -0.234 e. The number of rotatable bonds is 2. The zero-order chi connectivity index (χ0) is 8.36. The van der Waals surface area contributed by atoms with Gasteiger partial charge in [0.05, 0.1) is 8.07 Å². The summed E-state index contributed by atoms with van der Waals surface area (Å²) in [7, 11) is -1.14. The van der Waals surface area contributed by atoms with Crippen molar-refractivity contribution >= 4 is 14.0 Å². The molecule has 58 valence electrons. The first-order valence-corrected chi connectivity index (χ1v) is 7.19. The van der Waals surface area contributed by atoms with Crippen LogP contribution in [0.5, 0.6) is 0 Å². The molecule has 0 bridgehead atoms. The Morgan fingerprint density at radius 1 is 1.40 bits per heavy atom. The van der Waals surface area contributed by atoms with Crippen LogP contribution in [0.25, 0.3) is 0 Å². The summed E-state index contributed by atoms with van der Waals surface area (Å²) >= 11 is 0. The van der Waals surface area contributed by atoms with E-state index < -0.39 is 8.07 Å². The molecule has 0 spiro atoms. The van der Waals surface area contributed by atoms with Gasteiger partial charge in [-0.3, -0.25) is 0 Å². The largest absolute Gasteiger partial charge is 0.234 e. The van der Waals surface area contributed by atoms with Gasteiger partial charge in [0, 0.05) is 5.57 Å². The molecule has 2 heteroatoms. The van der Waals surface area contributed by atoms with Gasteiger partial charge in [-0.25, -0.2) is 4.79 Å². The summed E-state index contributed by atoms with van der Waals surface area (Å²) in [6.45, 7) is 10.8. The molecule has 0 radical (unpaired) electrons. The van der Waals surface area contributed by atoms with Crippen molar-refractivity contribution in [2.24, 2.45) is 0 Å². The van der Waals surface area contributed by atoms with Gasteiger partial charge >= 0.3 is 0 Å². The van der Waals surface area contributed by atoms with Crippen molar-refractivity contribution in [3.8, 4) is 0 Å². The minimum atomic E-state index is -1.14. The third-order valence-corrected chi connectivity index (χ3v) is 5.14. The molecule has 1 unspecified atom stereocenters. The summed E-state index contributed by atoms with van der Waals surface area (Å²) in [5, 5.41) is 0. The molecule has 0 aliphatic rings. The SMILES string of the molecule is CC(=C=O)C(C)[Si](C)(C)C. The van der Waals surface area contributed by atoms with Gasteiger partial charge in [-0.1, -0.05) is 26.6 Å². The smallest absolute Gasteiger partial charge is 0.123 e. The van der Waals surface area contributed by atoms with Crippen LogP contribution in [0.3, 0.4) is 0 Å². The Balaban J connectivity index is 4.37. The maximum atomic E-state index is 10.3. The molecule has 1 nitrogen and oxygen atoms in total. The third kappa shape index (κ3) is 2.50. The molecule has 0 fully saturated rings. The molecule has 10 heavy (non-hydrogen) atoms. The van der Waals surface area contributed by atoms with Gasteiger partial charge < -0.3 is 0 Å². The Bertz CT molecular complexity index is 161. The average molecular weight is 156 g/mol. The zero-order valence-corrected chi connectivity index (χ0v) is 8.49. The van der Waals surface area contributed by atoms with E-state index >= 15 is 0 Å². The average Bonchev–Trinajstić information content (AvgIpc) is 1.83. The predicted octanol–water partition coefficient (Wildman–Crippen LogP) is 2.49. The number of hydrogen-bond acceptors (Lipinski definition) is 1. The van der Waals surface area contributed by atoms with Gasteiger partial charge in [0.2, 0.25) is 0 Å². The molecule has 0 aliphatic carbocycles. The molecule has 0 saturated heterocycles. The Morgan fingerprint density at radius 3 is 1.90 bits per heavy atom. The predicted molar refractivity (Wildman–Crippen MR) is 47.7 cm³/mol. The van der Waals surface area contributed by atoms with Gasteiger partial charge in [0.15, 0.2) is 0 Å². The Hall–Kier alpha value is -0.333. The van der Waals surface area contributed by atoms with E-state index in [0.29, 0.717) is 5.54 Å². The van der Waals surface area contributed by atoms with Gasteiger partial charge in [0.1, 0.15) is 5.94 Å². The standard InChI is InChI=1S/C8H16OSi/c1-7(6-9)8(2)10(3,4)5/h8H,1-5H3. The molecular weight excluding hydrogens is 140 g/mol. The van der Waals surface area contributed by atoms with Crippen molar-refractivity contribution in [3.05, 3.63) is 5.57 Å². The molecule has 0 aliphatic heterocycles. The summed E-state index contributed by atoms with van der Waals surface area (Å²) < 4.78 is 0. The van der Waals surface area contributed by atoms with E-state index in [1.165, 1.54) is 0 Å². The van der Waals surface area contributed by atoms with Crippen molar-refractivity contribution in [3.63, 3.8) is 0 Å². The normalized spacial score (nSPS) is 14.1. The van der Waals surface area contributed by atoms with E-state index in [9.17, 15) is 4.79 Å². The van der Waals surface area contributed by atoms with E-state index in [0.717, 1.165) is 5.57 Å². The van der Waals surface area contributed by atoms with Crippen molar-refractivity contribution in [2.45, 2.75) is 39.0 Å². The van der Waals surface area contributed by atoms with Crippen LogP contribution in [0.4, 0.5) is 0 Å². The molecule has 0 saturated carbocycles. The molecule has 0 aromatic heterocycles. The van der Waals surface area contributed by atoms with E-state index in [1.807, 2.05) is 12.9 Å². The lowest BCUT2D eigenvalue weighted by atomic mass is 10.3. The molecule has 1 atom stereocenters. The summed E-state index contributed by atoms with van der Waals surface area (Å²) in [4.78, 5) is 10.3. The van der Waals surface area contributed by atoms with Crippen LogP contribution in [-0.4, -0.2) is 14.0 Å². The Morgan fingerprint density at radius 2 is 1.80 bits per heavy atom. The number of carbonyl (C=O) groups excluding carboxylic acids is 1. The molecule has 0 heterocycles. The quantitative estimate of drug-likeness (QED) is 0.443. The highest BCUT2D eigenvalue weighted by atomic mass is 28.3. The van der Waals surface area contributed by atoms with E-state index in [-0.39, 0.29) is 0 Å². The first-order chi connectivity index (χ1) is 4.39. The molecule has 0 amide bonds. The van der Waals surface area contributed by atoms with E-state index in [4.69, 9.17) is 0 Å². The second kappa shape index (κ2) is 3.18. The van der Waals surface area contributed by atoms with Crippen molar-refractivity contribution in [1.29, 1.82) is 0 Å². The number of hydrogen-bond donors (Lipinski definition) is 0. The Kier molecular flexibility index (Phi) is 3.07. The van der Waals surface area contributed by atoms with Gasteiger partial charge in [-0.05, 0) is 12.5 Å². The highest BCUT2D eigenvalue weighted by Crippen LogP contribution is 2.26. The second-order valence-electron chi connectivity index (χ2n) is 3.87. The lowest BCUT2D eigenvalue weighted by molar-refractivity contribution is 0.566. The van der Waals surface area contributed by atoms with Gasteiger partial charge in [-0.2, -0.15) is 0 Å². The van der Waals surface area contributed by atoms with Crippen LogP contribution in [0.2, 0.25) is 25.2 Å². The summed E-state index contributed by atoms with van der Waals surface area (Å²) in [6.07, 6.45) is 0. The monoisotopic (exact) mass is 156 g/mol. The summed E-state index contributed by atoms with van der Waals surface area (Å²) in [6, 6.07) is 0. The maximum absolute atomic E-state index is 10.3. The Labute approximate surface area is 64.1 Å². The van der Waals surface area contributed by atoms with Gasteiger partial charge in [0.25, 0.3) is 0 Å². The first-order valence-electron chi connectivity index (χ1n) is 3.61. The van der Waals surface area contributed by atoms with Crippen LogP contribution in [-0.2, 0) is 4.79 Å². The van der Waals surface area contributed by atoms with E-state index in [1.54, 1.807) is 0 Å². The first kappa shape index (κ1) is 9.67. The van der Waals surface area contributed by atoms with Crippen LogP contribution in [0.1, 0.15) is 13.8 Å². The summed E-state index contributed by atoms with van der Waals surface area (Å²) in [5.41, 5.74) is 1.34. The topological polar surface area (TPSA) is 17.1 Å². The lowest BCUT2D eigenvalue weighted by Crippen LogP contribution is -2.26. The van der Waals surface area contributed by atoms with Crippen LogP contribution in [0, 0.1) is 0 Å². The highest BCUT2D eigenvalue weighted by molar-refractivity contribution is 6.78.